The molecule has 5 unspecified atom stereocenters. The van der Waals surface area contributed by atoms with Crippen molar-refractivity contribution in [2.75, 3.05) is 0 Å². The highest BCUT2D eigenvalue weighted by molar-refractivity contribution is 6.02. The van der Waals surface area contributed by atoms with E-state index >= 15 is 0 Å². The third-order valence-electron chi connectivity index (χ3n) is 5.30. The van der Waals surface area contributed by atoms with Gasteiger partial charge in [-0.3, -0.25) is 4.79 Å². The number of hydrogen-bond acceptors (Lipinski definition) is 10. The maximum absolute atomic E-state index is 12.6. The van der Waals surface area contributed by atoms with Gasteiger partial charge in [-0.2, -0.15) is 0 Å². The number of aliphatic hydroxyl groups is 3. The second kappa shape index (κ2) is 8.28. The minimum absolute atomic E-state index is 0.0185. The van der Waals surface area contributed by atoms with Crippen molar-refractivity contribution in [1.82, 2.24) is 0 Å². The fourth-order valence-electron chi connectivity index (χ4n) is 3.64. The Labute approximate surface area is 180 Å². The fraction of sp³-hybridized carbons (Fsp3) is 0.333. The summed E-state index contributed by atoms with van der Waals surface area (Å²) in [6, 6.07) is 8.37. The van der Waals surface area contributed by atoms with Gasteiger partial charge in [0, 0.05) is 12.1 Å². The van der Waals surface area contributed by atoms with Crippen LogP contribution in [0.2, 0.25) is 0 Å². The molecule has 2 aliphatic heterocycles. The number of ketones is 1. The molecular formula is C21H20O11. The van der Waals surface area contributed by atoms with E-state index in [1.807, 2.05) is 0 Å². The van der Waals surface area contributed by atoms with Gasteiger partial charge >= 0.3 is 5.97 Å². The number of carboxylic acids is 1. The van der Waals surface area contributed by atoms with Gasteiger partial charge in [0.15, 0.2) is 11.9 Å². The molecule has 0 aromatic heterocycles. The standard InChI is InChI=1S/C21H20O11/c22-9-3-1-8(2-4-9)13-7-12(24)15-11(23)5-10(6-14(15)31-13)30-21-18(27)16(25)17(26)19(32-21)20(28)29/h1-6,13,16-19,21-23,25-27H,7H2,(H,28,29)/t13-,16?,17?,18?,19?,21?/m0/s1. The van der Waals surface area contributed by atoms with Crippen molar-refractivity contribution in [3.63, 3.8) is 0 Å². The average molecular weight is 448 g/mol. The summed E-state index contributed by atoms with van der Waals surface area (Å²) in [5.74, 6) is -2.55. The first-order valence-corrected chi connectivity index (χ1v) is 9.60. The highest BCUT2D eigenvalue weighted by Crippen LogP contribution is 2.42. The number of fused-ring (bicyclic) bond motifs is 1. The van der Waals surface area contributed by atoms with E-state index in [4.69, 9.17) is 19.3 Å². The zero-order valence-corrected chi connectivity index (χ0v) is 16.4. The van der Waals surface area contributed by atoms with Crippen LogP contribution in [0.5, 0.6) is 23.0 Å². The van der Waals surface area contributed by atoms with Crippen LogP contribution in [0.1, 0.15) is 28.4 Å². The molecule has 11 heteroatoms. The van der Waals surface area contributed by atoms with Crippen LogP contribution in [0, 0.1) is 0 Å². The lowest BCUT2D eigenvalue weighted by molar-refractivity contribution is -0.271. The molecule has 2 aliphatic rings. The van der Waals surface area contributed by atoms with Crippen LogP contribution < -0.4 is 9.47 Å². The molecule has 32 heavy (non-hydrogen) atoms. The minimum atomic E-state index is -1.88. The summed E-state index contributed by atoms with van der Waals surface area (Å²) in [6.45, 7) is 0. The number of rotatable bonds is 4. The summed E-state index contributed by atoms with van der Waals surface area (Å²) in [4.78, 5) is 23.8. The first kappa shape index (κ1) is 21.8. The molecular weight excluding hydrogens is 428 g/mol. The predicted molar refractivity (Wildman–Crippen MR) is 103 cm³/mol. The molecule has 0 bridgehead atoms. The monoisotopic (exact) mass is 448 g/mol. The Hall–Kier alpha value is -3.38. The van der Waals surface area contributed by atoms with Gasteiger partial charge in [-0.05, 0) is 17.7 Å². The zero-order chi connectivity index (χ0) is 23.2. The van der Waals surface area contributed by atoms with Crippen LogP contribution in [-0.2, 0) is 9.53 Å². The normalized spacial score (nSPS) is 29.7. The van der Waals surface area contributed by atoms with E-state index in [0.717, 1.165) is 6.07 Å². The van der Waals surface area contributed by atoms with Crippen LogP contribution >= 0.6 is 0 Å². The Morgan fingerprint density at radius 1 is 1.00 bits per heavy atom. The van der Waals surface area contributed by atoms with Gasteiger partial charge in [-0.1, -0.05) is 12.1 Å². The van der Waals surface area contributed by atoms with Gasteiger partial charge in [0.2, 0.25) is 6.29 Å². The first-order valence-electron chi connectivity index (χ1n) is 9.60. The van der Waals surface area contributed by atoms with E-state index in [9.17, 15) is 35.1 Å². The number of carbonyl (C=O) groups is 2. The molecule has 2 heterocycles. The van der Waals surface area contributed by atoms with Crippen molar-refractivity contribution >= 4 is 11.8 Å². The fourth-order valence-corrected chi connectivity index (χ4v) is 3.64. The number of ether oxygens (including phenoxy) is 3. The van der Waals surface area contributed by atoms with Gasteiger partial charge in [0.05, 0.1) is 6.42 Å². The van der Waals surface area contributed by atoms with Gasteiger partial charge in [0.1, 0.15) is 53.0 Å². The summed E-state index contributed by atoms with van der Waals surface area (Å²) >= 11 is 0. The third kappa shape index (κ3) is 3.94. The predicted octanol–water partition coefficient (Wildman–Crippen LogP) is 0.0753. The van der Waals surface area contributed by atoms with Crippen molar-refractivity contribution in [3.05, 3.63) is 47.5 Å². The summed E-state index contributed by atoms with van der Waals surface area (Å²) in [7, 11) is 0. The van der Waals surface area contributed by atoms with Gasteiger partial charge < -0.3 is 44.8 Å². The Morgan fingerprint density at radius 2 is 1.69 bits per heavy atom. The van der Waals surface area contributed by atoms with Crippen molar-refractivity contribution in [1.29, 1.82) is 0 Å². The lowest BCUT2D eigenvalue weighted by atomic mass is 9.95. The number of Topliss-reactive ketones (excluding diaryl/α,β-unsaturated/α-hetero) is 1. The van der Waals surface area contributed by atoms with E-state index < -0.39 is 54.3 Å². The summed E-state index contributed by atoms with van der Waals surface area (Å²) < 4.78 is 16.3. The second-order valence-corrected chi connectivity index (χ2v) is 7.49. The third-order valence-corrected chi connectivity index (χ3v) is 5.30. The SMILES string of the molecule is O=C1C[C@@H](c2ccc(O)cc2)Oc2cc(OC3OC(C(=O)O)C(O)C(O)C3O)cc(O)c21. The Bertz CT molecular complexity index is 1030. The van der Waals surface area contributed by atoms with Crippen LogP contribution in [-0.4, -0.2) is 73.1 Å². The molecule has 11 nitrogen and oxygen atoms in total. The number of phenolic OH excluding ortho intramolecular Hbond substituents is 2. The summed E-state index contributed by atoms with van der Waals surface area (Å²) in [5, 5.41) is 58.7. The zero-order valence-electron chi connectivity index (χ0n) is 16.4. The van der Waals surface area contributed by atoms with Crippen molar-refractivity contribution in [2.45, 2.75) is 43.2 Å². The Morgan fingerprint density at radius 3 is 2.34 bits per heavy atom. The number of benzene rings is 2. The van der Waals surface area contributed by atoms with Crippen LogP contribution in [0.4, 0.5) is 0 Å². The quantitative estimate of drug-likeness (QED) is 0.372. The number of hydrogen-bond donors (Lipinski definition) is 6. The second-order valence-electron chi connectivity index (χ2n) is 7.49. The molecule has 6 atom stereocenters. The van der Waals surface area contributed by atoms with Crippen molar-refractivity contribution < 1.29 is 54.4 Å². The number of aliphatic hydroxyl groups excluding tert-OH is 3. The molecule has 0 aliphatic carbocycles. The largest absolute Gasteiger partial charge is 0.508 e. The molecule has 2 aromatic carbocycles. The molecule has 1 fully saturated rings. The van der Waals surface area contributed by atoms with Gasteiger partial charge in [-0.25, -0.2) is 4.79 Å². The van der Waals surface area contributed by atoms with Crippen molar-refractivity contribution in [2.24, 2.45) is 0 Å². The van der Waals surface area contributed by atoms with E-state index in [0.29, 0.717) is 5.56 Å². The minimum Gasteiger partial charge on any atom is -0.508 e. The highest BCUT2D eigenvalue weighted by Gasteiger charge is 2.48. The van der Waals surface area contributed by atoms with E-state index in [2.05, 4.69) is 0 Å². The van der Waals surface area contributed by atoms with Crippen LogP contribution in [0.3, 0.4) is 0 Å². The van der Waals surface area contributed by atoms with E-state index in [1.54, 1.807) is 12.1 Å². The number of carboxylic acid groups (broad SMARTS) is 1. The Kier molecular flexibility index (Phi) is 5.65. The van der Waals surface area contributed by atoms with Gasteiger partial charge in [0.25, 0.3) is 0 Å². The Balaban J connectivity index is 1.60. The molecule has 0 radical (unpaired) electrons. The number of carbonyl (C=O) groups excluding carboxylic acids is 1. The van der Waals surface area contributed by atoms with Crippen LogP contribution in [0.25, 0.3) is 0 Å². The highest BCUT2D eigenvalue weighted by atomic mass is 16.7. The molecule has 2 aromatic rings. The molecule has 0 spiro atoms. The molecule has 6 N–H and O–H groups in total. The van der Waals surface area contributed by atoms with E-state index in [1.165, 1.54) is 18.2 Å². The lowest BCUT2D eigenvalue weighted by Crippen LogP contribution is -2.61. The maximum atomic E-state index is 12.6. The van der Waals surface area contributed by atoms with Crippen LogP contribution in [0.15, 0.2) is 36.4 Å². The maximum Gasteiger partial charge on any atom is 0.335 e. The molecule has 170 valence electrons. The molecule has 0 amide bonds. The average Bonchev–Trinajstić information content (AvgIpc) is 2.73. The topological polar surface area (TPSA) is 183 Å². The molecule has 1 saturated heterocycles. The number of phenols is 2. The van der Waals surface area contributed by atoms with Crippen molar-refractivity contribution in [3.8, 4) is 23.0 Å². The first-order chi connectivity index (χ1) is 15.2. The van der Waals surface area contributed by atoms with Gasteiger partial charge in [-0.15, -0.1) is 0 Å². The smallest absolute Gasteiger partial charge is 0.335 e. The van der Waals surface area contributed by atoms with E-state index in [-0.39, 0.29) is 29.2 Å². The number of aliphatic carboxylic acids is 1. The molecule has 0 saturated carbocycles. The molecule has 4 rings (SSSR count). The number of aromatic hydroxyl groups is 2. The lowest BCUT2D eigenvalue weighted by Gasteiger charge is -2.38. The summed E-state index contributed by atoms with van der Waals surface area (Å²) in [5.41, 5.74) is 0.538. The summed E-state index contributed by atoms with van der Waals surface area (Å²) in [6.07, 6.45) is -9.86.